The monoisotopic (exact) mass is 408 g/mol. The van der Waals surface area contributed by atoms with E-state index in [2.05, 4.69) is 22.8 Å². The summed E-state index contributed by atoms with van der Waals surface area (Å²) in [6.07, 6.45) is 6.46. The second-order valence-electron chi connectivity index (χ2n) is 8.50. The van der Waals surface area contributed by atoms with Gasteiger partial charge in [0.15, 0.2) is 11.5 Å². The number of anilines is 1. The highest BCUT2D eigenvalue weighted by atomic mass is 16.7. The van der Waals surface area contributed by atoms with Gasteiger partial charge in [0.2, 0.25) is 5.91 Å². The van der Waals surface area contributed by atoms with Gasteiger partial charge in [-0.25, -0.2) is 0 Å². The molecule has 0 radical (unpaired) electrons. The summed E-state index contributed by atoms with van der Waals surface area (Å²) in [7, 11) is 1.67. The van der Waals surface area contributed by atoms with Crippen molar-refractivity contribution in [2.24, 2.45) is 5.92 Å². The lowest BCUT2D eigenvalue weighted by atomic mass is 10.0. The van der Waals surface area contributed by atoms with Crippen LogP contribution >= 0.6 is 0 Å². The van der Waals surface area contributed by atoms with Crippen molar-refractivity contribution in [1.29, 1.82) is 0 Å². The van der Waals surface area contributed by atoms with Crippen LogP contribution in [0.4, 0.5) is 5.69 Å². The molecule has 2 fully saturated rings. The first-order chi connectivity index (χ1) is 14.6. The smallest absolute Gasteiger partial charge is 0.251 e. The topological polar surface area (TPSA) is 68.8 Å². The molecule has 0 bridgehead atoms. The first-order valence-electron chi connectivity index (χ1n) is 10.8. The van der Waals surface area contributed by atoms with E-state index >= 15 is 0 Å². The van der Waals surface area contributed by atoms with Gasteiger partial charge in [-0.05, 0) is 61.4 Å². The van der Waals surface area contributed by atoms with Gasteiger partial charge in [-0.15, -0.1) is 0 Å². The van der Waals surface area contributed by atoms with Crippen molar-refractivity contribution >= 4 is 11.6 Å². The Morgan fingerprint density at radius 1 is 1.10 bits per heavy atom. The summed E-state index contributed by atoms with van der Waals surface area (Å²) in [4.78, 5) is 12.6. The van der Waals surface area contributed by atoms with Crippen molar-refractivity contribution in [1.82, 2.24) is 5.32 Å². The Morgan fingerprint density at radius 2 is 1.83 bits per heavy atom. The van der Waals surface area contributed by atoms with Gasteiger partial charge in [-0.3, -0.25) is 4.79 Å². The minimum atomic E-state index is -0.484. The van der Waals surface area contributed by atoms with E-state index in [9.17, 15) is 4.79 Å². The van der Waals surface area contributed by atoms with Crippen LogP contribution in [0.1, 0.15) is 50.1 Å². The molecule has 2 saturated carbocycles. The molecule has 3 aliphatic rings. The van der Waals surface area contributed by atoms with Gasteiger partial charge in [0.25, 0.3) is 5.79 Å². The zero-order valence-corrected chi connectivity index (χ0v) is 17.3. The molecule has 1 amide bonds. The Hall–Kier alpha value is -2.73. The highest BCUT2D eigenvalue weighted by Crippen LogP contribution is 2.47. The largest absolute Gasteiger partial charge is 0.497 e. The number of rotatable bonds is 7. The molecule has 1 spiro atoms. The first kappa shape index (κ1) is 19.2. The van der Waals surface area contributed by atoms with Gasteiger partial charge in [-0.2, -0.15) is 0 Å². The number of nitrogens with one attached hydrogen (secondary N) is 2. The summed E-state index contributed by atoms with van der Waals surface area (Å²) in [5.41, 5.74) is 1.92. The molecule has 0 aromatic heterocycles. The number of hydrogen-bond donors (Lipinski definition) is 2. The molecule has 30 heavy (non-hydrogen) atoms. The summed E-state index contributed by atoms with van der Waals surface area (Å²) < 4.78 is 17.4. The number of amides is 1. The van der Waals surface area contributed by atoms with Crippen LogP contribution < -0.4 is 24.8 Å². The van der Waals surface area contributed by atoms with Gasteiger partial charge >= 0.3 is 0 Å². The van der Waals surface area contributed by atoms with Gasteiger partial charge < -0.3 is 24.8 Å². The lowest BCUT2D eigenvalue weighted by Gasteiger charge is -2.21. The molecule has 2 aromatic rings. The summed E-state index contributed by atoms with van der Waals surface area (Å²) in [6, 6.07) is 13.9. The fraction of sp³-hybridized carbons (Fsp3) is 0.458. The van der Waals surface area contributed by atoms with Crippen molar-refractivity contribution in [3.63, 3.8) is 0 Å². The molecule has 6 nitrogen and oxygen atoms in total. The molecule has 1 unspecified atom stereocenters. The van der Waals surface area contributed by atoms with Crippen LogP contribution in [0.3, 0.4) is 0 Å². The molecular formula is C24H28N2O4. The van der Waals surface area contributed by atoms with E-state index in [0.717, 1.165) is 48.6 Å². The van der Waals surface area contributed by atoms with E-state index in [-0.39, 0.29) is 18.5 Å². The Kier molecular flexibility index (Phi) is 5.03. The molecular weight excluding hydrogens is 380 g/mol. The van der Waals surface area contributed by atoms with E-state index in [1.807, 2.05) is 30.3 Å². The molecule has 2 N–H and O–H groups in total. The van der Waals surface area contributed by atoms with Crippen LogP contribution in [0.15, 0.2) is 42.5 Å². The molecule has 0 saturated heterocycles. The van der Waals surface area contributed by atoms with Crippen LogP contribution in [0.25, 0.3) is 0 Å². The molecule has 5 rings (SSSR count). The van der Waals surface area contributed by atoms with Crippen molar-refractivity contribution in [3.8, 4) is 17.2 Å². The molecule has 2 aromatic carbocycles. The maximum atomic E-state index is 12.6. The fourth-order valence-electron chi connectivity index (χ4n) is 4.49. The van der Waals surface area contributed by atoms with Gasteiger partial charge in [0.1, 0.15) is 5.75 Å². The van der Waals surface area contributed by atoms with Crippen molar-refractivity contribution in [3.05, 3.63) is 48.0 Å². The number of methoxy groups -OCH3 is 1. The van der Waals surface area contributed by atoms with E-state index in [1.54, 1.807) is 7.11 Å². The third-order valence-corrected chi connectivity index (χ3v) is 6.24. The highest BCUT2D eigenvalue weighted by molar-refractivity contribution is 5.92. The Bertz CT molecular complexity index is 917. The minimum absolute atomic E-state index is 0.0661. The summed E-state index contributed by atoms with van der Waals surface area (Å²) >= 11 is 0. The summed E-state index contributed by atoms with van der Waals surface area (Å²) in [5.74, 6) is 2.36. The summed E-state index contributed by atoms with van der Waals surface area (Å²) in [5, 5.41) is 6.42. The SMILES string of the molecule is COc1ccc(C(NCC(=O)Nc2ccc3c(c2)OC2(CCCC2)O3)C2CC2)cc1. The third kappa shape index (κ3) is 3.97. The molecule has 2 aliphatic carbocycles. The van der Waals surface area contributed by atoms with Crippen LogP contribution in [0.5, 0.6) is 17.2 Å². The molecule has 1 heterocycles. The number of carbonyl (C=O) groups is 1. The van der Waals surface area contributed by atoms with Gasteiger partial charge in [0, 0.05) is 30.6 Å². The van der Waals surface area contributed by atoms with Gasteiger partial charge in [0.05, 0.1) is 13.7 Å². The highest BCUT2D eigenvalue weighted by Gasteiger charge is 2.44. The third-order valence-electron chi connectivity index (χ3n) is 6.24. The second kappa shape index (κ2) is 7.84. The number of fused-ring (bicyclic) bond motifs is 1. The van der Waals surface area contributed by atoms with Crippen molar-refractivity contribution in [2.45, 2.75) is 50.4 Å². The standard InChI is InChI=1S/C24H28N2O4/c1-28-19-9-6-17(7-10-19)23(16-4-5-16)25-15-22(27)26-18-8-11-20-21(14-18)30-24(29-20)12-2-3-13-24/h6-11,14,16,23,25H,2-5,12-13,15H2,1H3,(H,26,27). The van der Waals surface area contributed by atoms with Gasteiger partial charge in [-0.1, -0.05) is 12.1 Å². The molecule has 6 heteroatoms. The van der Waals surface area contributed by atoms with Crippen LogP contribution in [0, 0.1) is 5.92 Å². The fourth-order valence-corrected chi connectivity index (χ4v) is 4.49. The predicted octanol–water partition coefficient (Wildman–Crippen LogP) is 4.42. The maximum absolute atomic E-state index is 12.6. The Balaban J connectivity index is 1.19. The average molecular weight is 408 g/mol. The molecule has 1 atom stereocenters. The predicted molar refractivity (Wildman–Crippen MR) is 114 cm³/mol. The number of benzene rings is 2. The Morgan fingerprint density at radius 3 is 2.53 bits per heavy atom. The second-order valence-corrected chi connectivity index (χ2v) is 8.50. The van der Waals surface area contributed by atoms with E-state index in [1.165, 1.54) is 18.4 Å². The Labute approximate surface area is 176 Å². The van der Waals surface area contributed by atoms with E-state index in [0.29, 0.717) is 5.92 Å². The van der Waals surface area contributed by atoms with E-state index in [4.69, 9.17) is 14.2 Å². The lowest BCUT2D eigenvalue weighted by Crippen LogP contribution is -2.34. The number of carbonyl (C=O) groups excluding carboxylic acids is 1. The van der Waals surface area contributed by atoms with Crippen LogP contribution in [-0.2, 0) is 4.79 Å². The van der Waals surface area contributed by atoms with E-state index < -0.39 is 5.79 Å². The first-order valence-corrected chi connectivity index (χ1v) is 10.8. The molecule has 1 aliphatic heterocycles. The zero-order chi connectivity index (χ0) is 20.6. The zero-order valence-electron chi connectivity index (χ0n) is 17.3. The lowest BCUT2D eigenvalue weighted by molar-refractivity contribution is -0.115. The normalized spacial score (nSPS) is 19.6. The molecule has 158 valence electrons. The van der Waals surface area contributed by atoms with Crippen LogP contribution in [-0.4, -0.2) is 25.3 Å². The van der Waals surface area contributed by atoms with Crippen molar-refractivity contribution < 1.29 is 19.0 Å². The van der Waals surface area contributed by atoms with Crippen molar-refractivity contribution in [2.75, 3.05) is 19.0 Å². The summed E-state index contributed by atoms with van der Waals surface area (Å²) in [6.45, 7) is 0.256. The van der Waals surface area contributed by atoms with Crippen LogP contribution in [0.2, 0.25) is 0 Å². The minimum Gasteiger partial charge on any atom is -0.497 e. The number of hydrogen-bond acceptors (Lipinski definition) is 5. The average Bonchev–Trinajstić information content (AvgIpc) is 3.39. The quantitative estimate of drug-likeness (QED) is 0.710. The maximum Gasteiger partial charge on any atom is 0.251 e. The number of ether oxygens (including phenoxy) is 3.